The van der Waals surface area contributed by atoms with Crippen LogP contribution in [-0.4, -0.2) is 58.6 Å². The second-order valence-electron chi connectivity index (χ2n) is 6.82. The summed E-state index contributed by atoms with van der Waals surface area (Å²) in [7, 11) is 3.49. The first kappa shape index (κ1) is 18.5. The number of rotatable bonds is 3. The Bertz CT molecular complexity index is 816. The molecule has 26 heavy (non-hydrogen) atoms. The van der Waals surface area contributed by atoms with Crippen LogP contribution >= 0.6 is 11.6 Å². The van der Waals surface area contributed by atoms with Crippen LogP contribution in [0.25, 0.3) is 5.69 Å². The molecule has 1 aromatic heterocycles. The molecule has 1 aliphatic rings. The molecule has 0 aliphatic carbocycles. The molecule has 1 unspecified atom stereocenters. The van der Waals surface area contributed by atoms with Gasteiger partial charge in [0.2, 0.25) is 5.91 Å². The van der Waals surface area contributed by atoms with Crippen molar-refractivity contribution in [2.75, 3.05) is 27.2 Å². The second kappa shape index (κ2) is 7.50. The number of halogens is 1. The van der Waals surface area contributed by atoms with Crippen LogP contribution in [0.5, 0.6) is 0 Å². The Morgan fingerprint density at radius 1 is 1.23 bits per heavy atom. The van der Waals surface area contributed by atoms with E-state index in [2.05, 4.69) is 5.10 Å². The SMILES string of the molecule is Cc1nn(-c2ccccc2)c(Cl)c1C(=O)N1CCCC(C(=O)N(C)C)C1. The summed E-state index contributed by atoms with van der Waals surface area (Å²) in [6.45, 7) is 2.83. The third-order valence-corrected chi connectivity index (χ3v) is 5.07. The van der Waals surface area contributed by atoms with E-state index in [1.165, 1.54) is 0 Å². The summed E-state index contributed by atoms with van der Waals surface area (Å²) in [6, 6.07) is 9.48. The van der Waals surface area contributed by atoms with E-state index >= 15 is 0 Å². The number of para-hydroxylation sites is 1. The molecule has 0 spiro atoms. The molecule has 2 heterocycles. The number of hydrogen-bond acceptors (Lipinski definition) is 3. The van der Waals surface area contributed by atoms with Crippen LogP contribution in [0.15, 0.2) is 30.3 Å². The molecule has 0 N–H and O–H groups in total. The smallest absolute Gasteiger partial charge is 0.258 e. The number of carbonyl (C=O) groups excluding carboxylic acids is 2. The van der Waals surface area contributed by atoms with Gasteiger partial charge >= 0.3 is 0 Å². The number of nitrogens with zero attached hydrogens (tertiary/aromatic N) is 4. The topological polar surface area (TPSA) is 58.4 Å². The predicted molar refractivity (Wildman–Crippen MR) is 101 cm³/mol. The standard InChI is InChI=1S/C19H23ClN4O2/c1-13-16(17(20)24(21-13)15-9-5-4-6-10-15)19(26)23-11-7-8-14(12-23)18(25)22(2)3/h4-6,9-10,14H,7-8,11-12H2,1-3H3. The molecule has 1 saturated heterocycles. The van der Waals surface area contributed by atoms with Crippen molar-refractivity contribution in [2.45, 2.75) is 19.8 Å². The Hall–Kier alpha value is -2.34. The number of amides is 2. The summed E-state index contributed by atoms with van der Waals surface area (Å²) in [5.74, 6) is -0.262. The van der Waals surface area contributed by atoms with E-state index in [9.17, 15) is 9.59 Å². The molecular weight excluding hydrogens is 352 g/mol. The molecule has 2 aromatic rings. The van der Waals surface area contributed by atoms with Crippen LogP contribution in [0.4, 0.5) is 0 Å². The molecule has 138 valence electrons. The lowest BCUT2D eigenvalue weighted by Crippen LogP contribution is -2.45. The summed E-state index contributed by atoms with van der Waals surface area (Å²) in [4.78, 5) is 28.7. The number of hydrogen-bond donors (Lipinski definition) is 0. The van der Waals surface area contributed by atoms with Crippen LogP contribution in [0.3, 0.4) is 0 Å². The van der Waals surface area contributed by atoms with Gasteiger partial charge in [0.05, 0.1) is 22.9 Å². The van der Waals surface area contributed by atoms with Crippen molar-refractivity contribution in [2.24, 2.45) is 5.92 Å². The minimum atomic E-state index is -0.161. The summed E-state index contributed by atoms with van der Waals surface area (Å²) in [5.41, 5.74) is 1.80. The van der Waals surface area contributed by atoms with E-state index in [0.29, 0.717) is 29.5 Å². The van der Waals surface area contributed by atoms with Gasteiger partial charge < -0.3 is 9.80 Å². The Labute approximate surface area is 158 Å². The molecule has 0 saturated carbocycles. The maximum absolute atomic E-state index is 13.1. The first-order chi connectivity index (χ1) is 12.4. The zero-order valence-electron chi connectivity index (χ0n) is 15.3. The number of aryl methyl sites for hydroxylation is 1. The highest BCUT2D eigenvalue weighted by molar-refractivity contribution is 6.33. The van der Waals surface area contributed by atoms with E-state index in [4.69, 9.17) is 11.6 Å². The quantitative estimate of drug-likeness (QED) is 0.830. The first-order valence-corrected chi connectivity index (χ1v) is 9.09. The monoisotopic (exact) mass is 374 g/mol. The predicted octanol–water partition coefficient (Wildman–Crippen LogP) is 2.77. The van der Waals surface area contributed by atoms with Gasteiger partial charge in [-0.3, -0.25) is 9.59 Å². The maximum Gasteiger partial charge on any atom is 0.258 e. The van der Waals surface area contributed by atoms with Crippen molar-refractivity contribution < 1.29 is 9.59 Å². The van der Waals surface area contributed by atoms with Crippen LogP contribution in [0.2, 0.25) is 5.15 Å². The van der Waals surface area contributed by atoms with Gasteiger partial charge in [0.1, 0.15) is 5.15 Å². The van der Waals surface area contributed by atoms with Crippen molar-refractivity contribution in [3.63, 3.8) is 0 Å². The third-order valence-electron chi connectivity index (χ3n) is 4.72. The molecule has 1 fully saturated rings. The first-order valence-electron chi connectivity index (χ1n) is 8.71. The Morgan fingerprint density at radius 2 is 1.92 bits per heavy atom. The zero-order chi connectivity index (χ0) is 18.8. The zero-order valence-corrected chi connectivity index (χ0v) is 16.0. The highest BCUT2D eigenvalue weighted by atomic mass is 35.5. The molecule has 1 aromatic carbocycles. The lowest BCUT2D eigenvalue weighted by molar-refractivity contribution is -0.134. The number of carbonyl (C=O) groups is 2. The fourth-order valence-corrected chi connectivity index (χ4v) is 3.72. The highest BCUT2D eigenvalue weighted by Gasteiger charge is 2.32. The van der Waals surface area contributed by atoms with Gasteiger partial charge in [-0.25, -0.2) is 4.68 Å². The van der Waals surface area contributed by atoms with Crippen molar-refractivity contribution in [1.82, 2.24) is 19.6 Å². The van der Waals surface area contributed by atoms with Gasteiger partial charge in [0.25, 0.3) is 5.91 Å². The van der Waals surface area contributed by atoms with E-state index in [-0.39, 0.29) is 17.7 Å². The summed E-state index contributed by atoms with van der Waals surface area (Å²) >= 11 is 6.51. The lowest BCUT2D eigenvalue weighted by atomic mass is 9.96. The Morgan fingerprint density at radius 3 is 2.58 bits per heavy atom. The van der Waals surface area contributed by atoms with Crippen LogP contribution in [-0.2, 0) is 4.79 Å². The van der Waals surface area contributed by atoms with E-state index < -0.39 is 0 Å². The highest BCUT2D eigenvalue weighted by Crippen LogP contribution is 2.27. The Balaban J connectivity index is 1.86. The molecule has 3 rings (SSSR count). The largest absolute Gasteiger partial charge is 0.349 e. The van der Waals surface area contributed by atoms with E-state index in [1.807, 2.05) is 30.3 Å². The van der Waals surface area contributed by atoms with Crippen LogP contribution in [0.1, 0.15) is 28.9 Å². The summed E-state index contributed by atoms with van der Waals surface area (Å²) in [6.07, 6.45) is 1.61. The van der Waals surface area contributed by atoms with Gasteiger partial charge in [-0.05, 0) is 31.9 Å². The van der Waals surface area contributed by atoms with E-state index in [1.54, 1.807) is 35.5 Å². The fourth-order valence-electron chi connectivity index (χ4n) is 3.37. The molecule has 0 bridgehead atoms. The number of likely N-dealkylation sites (tertiary alicyclic amines) is 1. The van der Waals surface area contributed by atoms with E-state index in [0.717, 1.165) is 18.5 Å². The van der Waals surface area contributed by atoms with Gasteiger partial charge in [0, 0.05) is 27.2 Å². The Kier molecular flexibility index (Phi) is 5.32. The van der Waals surface area contributed by atoms with Crippen molar-refractivity contribution in [3.05, 3.63) is 46.7 Å². The van der Waals surface area contributed by atoms with Crippen LogP contribution < -0.4 is 0 Å². The average Bonchev–Trinajstić information content (AvgIpc) is 2.95. The maximum atomic E-state index is 13.1. The molecular formula is C19H23ClN4O2. The van der Waals surface area contributed by atoms with Crippen molar-refractivity contribution in [3.8, 4) is 5.69 Å². The lowest BCUT2D eigenvalue weighted by Gasteiger charge is -2.33. The van der Waals surface area contributed by atoms with Crippen molar-refractivity contribution in [1.29, 1.82) is 0 Å². The second-order valence-corrected chi connectivity index (χ2v) is 7.18. The number of aromatic nitrogens is 2. The number of piperidine rings is 1. The summed E-state index contributed by atoms with van der Waals surface area (Å²) in [5, 5.41) is 4.75. The van der Waals surface area contributed by atoms with Crippen LogP contribution in [0, 0.1) is 12.8 Å². The molecule has 2 amide bonds. The van der Waals surface area contributed by atoms with Gasteiger partial charge in [-0.1, -0.05) is 29.8 Å². The van der Waals surface area contributed by atoms with Gasteiger partial charge in [0.15, 0.2) is 0 Å². The fraction of sp³-hybridized carbons (Fsp3) is 0.421. The minimum absolute atomic E-state index is 0.0605. The normalized spacial score (nSPS) is 17.2. The average molecular weight is 375 g/mol. The number of benzene rings is 1. The molecule has 0 radical (unpaired) electrons. The van der Waals surface area contributed by atoms with Gasteiger partial charge in [-0.15, -0.1) is 0 Å². The third kappa shape index (κ3) is 3.46. The summed E-state index contributed by atoms with van der Waals surface area (Å²) < 4.78 is 1.58. The molecule has 1 atom stereocenters. The van der Waals surface area contributed by atoms with Crippen molar-refractivity contribution >= 4 is 23.4 Å². The molecule has 1 aliphatic heterocycles. The molecule has 7 heteroatoms. The minimum Gasteiger partial charge on any atom is -0.349 e. The van der Waals surface area contributed by atoms with Gasteiger partial charge in [-0.2, -0.15) is 5.10 Å². The molecule has 6 nitrogen and oxygen atoms in total.